The molecule has 11 heteroatoms. The molecule has 4 nitrogen and oxygen atoms in total. The minimum absolute atomic E-state index is 0.132. The van der Waals surface area contributed by atoms with E-state index in [0.717, 1.165) is 12.1 Å². The van der Waals surface area contributed by atoms with Gasteiger partial charge in [-0.25, -0.2) is 21.6 Å². The normalized spacial score (nSPS) is 17.8. The molecule has 2 atom stereocenters. The van der Waals surface area contributed by atoms with Crippen molar-refractivity contribution in [1.82, 2.24) is 0 Å². The second-order valence-electron chi connectivity index (χ2n) is 7.23. The van der Waals surface area contributed by atoms with Crippen LogP contribution in [-0.4, -0.2) is 13.7 Å². The Morgan fingerprint density at radius 3 is 2.34 bits per heavy atom. The standard InChI is InChI=1S/C21H14Cl2F3IN2O2S/c22-10-1-3-12(14(23)7-10)13-9-19(13)32(30,31)29-18-6-4-15(24)20(26)21(18)28-17-5-2-11(27)8-16(17)25/h1-8,13,19,28-29H,9H2. The van der Waals surface area contributed by atoms with E-state index >= 15 is 0 Å². The third-order valence-electron chi connectivity index (χ3n) is 5.03. The Morgan fingerprint density at radius 2 is 1.66 bits per heavy atom. The molecule has 1 fully saturated rings. The zero-order chi connectivity index (χ0) is 23.2. The number of sulfonamides is 1. The van der Waals surface area contributed by atoms with Crippen LogP contribution in [0.3, 0.4) is 0 Å². The largest absolute Gasteiger partial charge is 0.349 e. The summed E-state index contributed by atoms with van der Waals surface area (Å²) in [6.45, 7) is 0. The number of benzene rings is 3. The van der Waals surface area contributed by atoms with Gasteiger partial charge in [0.25, 0.3) is 0 Å². The van der Waals surface area contributed by atoms with Crippen LogP contribution in [0.5, 0.6) is 0 Å². The minimum Gasteiger partial charge on any atom is -0.349 e. The maximum Gasteiger partial charge on any atom is 0.236 e. The van der Waals surface area contributed by atoms with E-state index in [4.69, 9.17) is 23.2 Å². The fourth-order valence-electron chi connectivity index (χ4n) is 3.36. The van der Waals surface area contributed by atoms with Gasteiger partial charge in [-0.1, -0.05) is 29.3 Å². The summed E-state index contributed by atoms with van der Waals surface area (Å²) in [6.07, 6.45) is 0.300. The Hall–Kier alpha value is -1.69. The first-order valence-electron chi connectivity index (χ1n) is 9.23. The SMILES string of the molecule is O=S(=O)(Nc1ccc(F)c(F)c1Nc1ccc(I)cc1F)C1CC1c1ccc(Cl)cc1Cl. The topological polar surface area (TPSA) is 58.2 Å². The molecule has 0 spiro atoms. The highest BCUT2D eigenvalue weighted by Crippen LogP contribution is 2.49. The van der Waals surface area contributed by atoms with E-state index in [9.17, 15) is 21.6 Å². The zero-order valence-corrected chi connectivity index (χ0v) is 20.5. The predicted octanol–water partition coefficient (Wildman–Crippen LogP) is 7.06. The number of halogens is 6. The molecule has 168 valence electrons. The Kier molecular flexibility index (Phi) is 6.54. The fourth-order valence-corrected chi connectivity index (χ4v) is 6.03. The van der Waals surface area contributed by atoms with Gasteiger partial charge >= 0.3 is 0 Å². The van der Waals surface area contributed by atoms with E-state index in [1.54, 1.807) is 18.2 Å². The van der Waals surface area contributed by atoms with Crippen LogP contribution in [0.15, 0.2) is 48.5 Å². The molecular formula is C21H14Cl2F3IN2O2S. The van der Waals surface area contributed by atoms with Gasteiger partial charge in [0.05, 0.1) is 16.6 Å². The van der Waals surface area contributed by atoms with Crippen LogP contribution in [0.1, 0.15) is 17.9 Å². The maximum absolute atomic E-state index is 14.6. The van der Waals surface area contributed by atoms with Crippen LogP contribution in [0.2, 0.25) is 10.0 Å². The molecule has 2 unspecified atom stereocenters. The lowest BCUT2D eigenvalue weighted by atomic mass is 10.1. The van der Waals surface area contributed by atoms with Gasteiger partial charge in [-0.3, -0.25) is 4.72 Å². The molecule has 1 aliphatic rings. The monoisotopic (exact) mass is 612 g/mol. The first kappa shape index (κ1) is 23.5. The molecule has 32 heavy (non-hydrogen) atoms. The van der Waals surface area contributed by atoms with Crippen molar-refractivity contribution in [2.75, 3.05) is 10.0 Å². The summed E-state index contributed by atoms with van der Waals surface area (Å²) < 4.78 is 71.5. The van der Waals surface area contributed by atoms with Crippen LogP contribution in [0.25, 0.3) is 0 Å². The van der Waals surface area contributed by atoms with E-state index in [0.29, 0.717) is 25.6 Å². The van der Waals surface area contributed by atoms with Crippen molar-refractivity contribution in [3.8, 4) is 0 Å². The summed E-state index contributed by atoms with van der Waals surface area (Å²) in [7, 11) is -3.99. The number of anilines is 3. The first-order chi connectivity index (χ1) is 15.1. The van der Waals surface area contributed by atoms with Gasteiger partial charge in [-0.05, 0) is 77.0 Å². The molecule has 0 aromatic heterocycles. The average molecular weight is 613 g/mol. The van der Waals surface area contributed by atoms with Crippen LogP contribution in [-0.2, 0) is 10.0 Å². The maximum atomic E-state index is 14.6. The zero-order valence-electron chi connectivity index (χ0n) is 16.0. The van der Waals surface area contributed by atoms with Crippen molar-refractivity contribution in [2.45, 2.75) is 17.6 Å². The minimum atomic E-state index is -3.99. The lowest BCUT2D eigenvalue weighted by Gasteiger charge is -2.16. The van der Waals surface area contributed by atoms with Crippen LogP contribution < -0.4 is 10.0 Å². The van der Waals surface area contributed by atoms with E-state index < -0.39 is 38.4 Å². The molecule has 0 aliphatic heterocycles. The summed E-state index contributed by atoms with van der Waals surface area (Å²) >= 11 is 14.0. The average Bonchev–Trinajstić information content (AvgIpc) is 3.50. The quantitative estimate of drug-likeness (QED) is 0.293. The molecule has 3 aromatic carbocycles. The summed E-state index contributed by atoms with van der Waals surface area (Å²) in [5, 5.41) is 2.42. The molecule has 0 heterocycles. The first-order valence-corrected chi connectivity index (χ1v) is 12.6. The van der Waals surface area contributed by atoms with E-state index in [-0.39, 0.29) is 17.3 Å². The highest BCUT2D eigenvalue weighted by Gasteiger charge is 2.49. The van der Waals surface area contributed by atoms with Crippen molar-refractivity contribution in [1.29, 1.82) is 0 Å². The highest BCUT2D eigenvalue weighted by atomic mass is 127. The fraction of sp³-hybridized carbons (Fsp3) is 0.143. The highest BCUT2D eigenvalue weighted by molar-refractivity contribution is 14.1. The molecule has 1 aliphatic carbocycles. The van der Waals surface area contributed by atoms with Crippen molar-refractivity contribution in [3.63, 3.8) is 0 Å². The van der Waals surface area contributed by atoms with Gasteiger partial charge in [0.1, 0.15) is 11.5 Å². The molecule has 1 saturated carbocycles. The molecule has 0 saturated heterocycles. The van der Waals surface area contributed by atoms with Crippen LogP contribution in [0, 0.1) is 21.0 Å². The van der Waals surface area contributed by atoms with Crippen molar-refractivity contribution >= 4 is 72.9 Å². The number of hydrogen-bond acceptors (Lipinski definition) is 3. The Morgan fingerprint density at radius 1 is 0.938 bits per heavy atom. The molecule has 2 N–H and O–H groups in total. The predicted molar refractivity (Wildman–Crippen MR) is 129 cm³/mol. The third-order valence-corrected chi connectivity index (χ3v) is 8.09. The van der Waals surface area contributed by atoms with E-state index in [2.05, 4.69) is 10.0 Å². The molecule has 0 radical (unpaired) electrons. The number of rotatable bonds is 6. The van der Waals surface area contributed by atoms with Crippen molar-refractivity contribution < 1.29 is 21.6 Å². The molecular weight excluding hydrogens is 599 g/mol. The third kappa shape index (κ3) is 4.80. The van der Waals surface area contributed by atoms with Gasteiger partial charge in [-0.2, -0.15) is 0 Å². The summed E-state index contributed by atoms with van der Waals surface area (Å²) in [4.78, 5) is 0. The lowest BCUT2D eigenvalue weighted by Crippen LogP contribution is -2.20. The van der Waals surface area contributed by atoms with Gasteiger partial charge in [-0.15, -0.1) is 0 Å². The molecule has 4 rings (SSSR count). The molecule has 3 aromatic rings. The number of hydrogen-bond donors (Lipinski definition) is 2. The second kappa shape index (κ2) is 8.92. The summed E-state index contributed by atoms with van der Waals surface area (Å²) in [5.41, 5.74) is -0.256. The van der Waals surface area contributed by atoms with Crippen LogP contribution in [0.4, 0.5) is 30.2 Å². The van der Waals surface area contributed by atoms with Gasteiger partial charge in [0.2, 0.25) is 10.0 Å². The van der Waals surface area contributed by atoms with E-state index in [1.165, 1.54) is 18.2 Å². The lowest BCUT2D eigenvalue weighted by molar-refractivity contribution is 0.512. The Bertz CT molecular complexity index is 1320. The van der Waals surface area contributed by atoms with Gasteiger partial charge < -0.3 is 5.32 Å². The van der Waals surface area contributed by atoms with Crippen molar-refractivity contribution in [3.05, 3.63) is 85.2 Å². The Labute approximate surface area is 206 Å². The molecule has 0 amide bonds. The van der Waals surface area contributed by atoms with E-state index in [1.807, 2.05) is 22.6 Å². The van der Waals surface area contributed by atoms with Gasteiger partial charge in [0, 0.05) is 19.5 Å². The second-order valence-corrected chi connectivity index (χ2v) is 11.2. The van der Waals surface area contributed by atoms with Gasteiger partial charge in [0.15, 0.2) is 11.6 Å². The molecule has 0 bridgehead atoms. The van der Waals surface area contributed by atoms with Crippen molar-refractivity contribution in [2.24, 2.45) is 0 Å². The summed E-state index contributed by atoms with van der Waals surface area (Å²) in [6, 6.07) is 10.8. The smallest absolute Gasteiger partial charge is 0.236 e. The summed E-state index contributed by atoms with van der Waals surface area (Å²) in [5.74, 6) is -3.61. The Balaban J connectivity index is 1.62. The van der Waals surface area contributed by atoms with Crippen LogP contribution >= 0.6 is 45.8 Å². The number of nitrogens with one attached hydrogen (secondary N) is 2.